The molecule has 0 aromatic carbocycles. The molecule has 0 aromatic heterocycles. The first-order chi connectivity index (χ1) is 8.30. The van der Waals surface area contributed by atoms with Crippen LogP contribution < -0.4 is 0 Å². The van der Waals surface area contributed by atoms with Gasteiger partial charge in [0, 0.05) is 19.5 Å². The number of nitrogens with zero attached hydrogens (tertiary/aromatic N) is 2. The Labute approximate surface area is 105 Å². The molecule has 7 heteroatoms. The van der Waals surface area contributed by atoms with Crippen LogP contribution in [-0.4, -0.2) is 74.5 Å². The molecule has 2 aliphatic rings. The van der Waals surface area contributed by atoms with E-state index < -0.39 is 29.7 Å². The molecule has 0 aliphatic carbocycles. The highest BCUT2D eigenvalue weighted by Gasteiger charge is 2.43. The lowest BCUT2D eigenvalue weighted by Gasteiger charge is -2.27. The number of aliphatic carboxylic acids is 1. The van der Waals surface area contributed by atoms with E-state index in [0.29, 0.717) is 13.0 Å². The van der Waals surface area contributed by atoms with Crippen LogP contribution in [0.15, 0.2) is 0 Å². The van der Waals surface area contributed by atoms with E-state index in [2.05, 4.69) is 0 Å². The summed E-state index contributed by atoms with van der Waals surface area (Å²) in [5.74, 6) is -1.11. The van der Waals surface area contributed by atoms with Gasteiger partial charge in [-0.1, -0.05) is 0 Å². The normalized spacial score (nSPS) is 36.2. The van der Waals surface area contributed by atoms with E-state index in [4.69, 9.17) is 5.11 Å². The van der Waals surface area contributed by atoms with Gasteiger partial charge in [0.05, 0.1) is 18.2 Å². The number of hydrogen-bond donors (Lipinski definition) is 3. The second kappa shape index (κ2) is 4.40. The quantitative estimate of drug-likeness (QED) is 0.565. The van der Waals surface area contributed by atoms with Crippen LogP contribution in [0.2, 0.25) is 0 Å². The Hall–Kier alpha value is -1.34. The number of likely N-dealkylation sites (tertiary alicyclic amines) is 2. The highest BCUT2D eigenvalue weighted by Crippen LogP contribution is 2.25. The molecule has 18 heavy (non-hydrogen) atoms. The fourth-order valence-electron chi connectivity index (χ4n) is 2.55. The first kappa shape index (κ1) is 13.1. The van der Waals surface area contributed by atoms with Gasteiger partial charge in [0.1, 0.15) is 6.04 Å². The highest BCUT2D eigenvalue weighted by atomic mass is 16.4. The molecule has 2 aliphatic heterocycles. The minimum Gasteiger partial charge on any atom is -0.480 e. The third kappa shape index (κ3) is 2.41. The lowest BCUT2D eigenvalue weighted by Crippen LogP contribution is -2.48. The second-order valence-electron chi connectivity index (χ2n) is 5.35. The number of hydrogen-bond acceptors (Lipinski definition) is 4. The first-order valence-corrected chi connectivity index (χ1v) is 5.99. The lowest BCUT2D eigenvalue weighted by molar-refractivity contribution is -0.141. The number of carbonyl (C=O) groups is 2. The van der Waals surface area contributed by atoms with E-state index in [1.54, 1.807) is 6.92 Å². The zero-order valence-electron chi connectivity index (χ0n) is 10.2. The Morgan fingerprint density at radius 1 is 1.39 bits per heavy atom. The molecular weight excluding hydrogens is 240 g/mol. The van der Waals surface area contributed by atoms with E-state index >= 15 is 0 Å². The number of carboxylic acid groups (broad SMARTS) is 1. The minimum atomic E-state index is -1.11. The molecule has 0 aromatic rings. The Balaban J connectivity index is 2.07. The zero-order valence-corrected chi connectivity index (χ0v) is 10.2. The molecule has 7 nitrogen and oxygen atoms in total. The molecule has 1 unspecified atom stereocenters. The fraction of sp³-hybridized carbons (Fsp3) is 0.818. The summed E-state index contributed by atoms with van der Waals surface area (Å²) < 4.78 is 0. The van der Waals surface area contributed by atoms with Gasteiger partial charge in [-0.3, -0.25) is 0 Å². The van der Waals surface area contributed by atoms with Crippen molar-refractivity contribution in [3.8, 4) is 0 Å². The smallest absolute Gasteiger partial charge is 0.326 e. The number of amides is 2. The average Bonchev–Trinajstić information content (AvgIpc) is 2.80. The van der Waals surface area contributed by atoms with E-state index in [1.807, 2.05) is 0 Å². The molecule has 2 saturated heterocycles. The zero-order chi connectivity index (χ0) is 13.5. The van der Waals surface area contributed by atoms with Crippen LogP contribution in [-0.2, 0) is 4.79 Å². The van der Waals surface area contributed by atoms with Crippen LogP contribution in [0.1, 0.15) is 19.8 Å². The van der Waals surface area contributed by atoms with Gasteiger partial charge >= 0.3 is 12.0 Å². The molecule has 2 fully saturated rings. The third-order valence-electron chi connectivity index (χ3n) is 3.53. The number of aliphatic hydroxyl groups is 2. The van der Waals surface area contributed by atoms with Crippen molar-refractivity contribution in [3.05, 3.63) is 0 Å². The summed E-state index contributed by atoms with van der Waals surface area (Å²) in [6, 6.07) is -1.39. The van der Waals surface area contributed by atoms with Crippen molar-refractivity contribution in [1.82, 2.24) is 9.80 Å². The predicted octanol–water partition coefficient (Wildman–Crippen LogP) is -0.917. The van der Waals surface area contributed by atoms with Crippen molar-refractivity contribution < 1.29 is 24.9 Å². The highest BCUT2D eigenvalue weighted by molar-refractivity contribution is 5.83. The number of rotatable bonds is 1. The van der Waals surface area contributed by atoms with Crippen molar-refractivity contribution in [2.45, 2.75) is 37.5 Å². The standard InChI is InChI=1S/C11H18N2O5/c1-11(18)2-3-12(6-11)10(17)13-5-7(14)4-8(13)9(15)16/h7-8,14,18H,2-6H2,1H3,(H,15,16)/t7-,8+,11?/m1/s1. The molecule has 0 spiro atoms. The van der Waals surface area contributed by atoms with Crippen LogP contribution in [0.5, 0.6) is 0 Å². The molecule has 2 rings (SSSR count). The van der Waals surface area contributed by atoms with Gasteiger partial charge in [-0.25, -0.2) is 9.59 Å². The van der Waals surface area contributed by atoms with E-state index in [-0.39, 0.29) is 19.5 Å². The number of carboxylic acids is 1. The van der Waals surface area contributed by atoms with Crippen LogP contribution in [0.3, 0.4) is 0 Å². The molecule has 102 valence electrons. The Morgan fingerprint density at radius 3 is 2.56 bits per heavy atom. The summed E-state index contributed by atoms with van der Waals surface area (Å²) in [6.07, 6.45) is -0.254. The maximum atomic E-state index is 12.2. The number of aliphatic hydroxyl groups excluding tert-OH is 1. The van der Waals surface area contributed by atoms with E-state index in [0.717, 1.165) is 0 Å². The van der Waals surface area contributed by atoms with Gasteiger partial charge in [0.2, 0.25) is 0 Å². The summed E-state index contributed by atoms with van der Waals surface area (Å²) in [4.78, 5) is 25.8. The number of urea groups is 1. The van der Waals surface area contributed by atoms with Crippen molar-refractivity contribution in [2.75, 3.05) is 19.6 Å². The third-order valence-corrected chi connectivity index (χ3v) is 3.53. The van der Waals surface area contributed by atoms with Crippen LogP contribution in [0.4, 0.5) is 4.79 Å². The predicted molar refractivity (Wildman–Crippen MR) is 61.0 cm³/mol. The molecular formula is C11H18N2O5. The Morgan fingerprint density at radius 2 is 2.06 bits per heavy atom. The molecule has 0 radical (unpaired) electrons. The summed E-state index contributed by atoms with van der Waals surface area (Å²) in [5, 5.41) is 28.3. The van der Waals surface area contributed by atoms with Crippen molar-refractivity contribution in [1.29, 1.82) is 0 Å². The summed E-state index contributed by atoms with van der Waals surface area (Å²) in [5.41, 5.74) is -0.910. The van der Waals surface area contributed by atoms with E-state index in [1.165, 1.54) is 9.80 Å². The maximum Gasteiger partial charge on any atom is 0.326 e. The SMILES string of the molecule is CC1(O)CCN(C(=O)N2C[C@H](O)C[C@H]2C(=O)O)C1. The fourth-order valence-corrected chi connectivity index (χ4v) is 2.55. The van der Waals surface area contributed by atoms with Gasteiger partial charge in [-0.15, -0.1) is 0 Å². The van der Waals surface area contributed by atoms with Gasteiger partial charge in [0.25, 0.3) is 0 Å². The van der Waals surface area contributed by atoms with Crippen molar-refractivity contribution in [2.24, 2.45) is 0 Å². The minimum absolute atomic E-state index is 0.0362. The molecule has 3 N–H and O–H groups in total. The summed E-state index contributed by atoms with van der Waals surface area (Å²) in [7, 11) is 0. The van der Waals surface area contributed by atoms with Crippen LogP contribution >= 0.6 is 0 Å². The van der Waals surface area contributed by atoms with Gasteiger partial charge in [0.15, 0.2) is 0 Å². The van der Waals surface area contributed by atoms with Crippen LogP contribution in [0.25, 0.3) is 0 Å². The molecule has 2 heterocycles. The Bertz CT molecular complexity index is 370. The molecule has 3 atom stereocenters. The van der Waals surface area contributed by atoms with Gasteiger partial charge < -0.3 is 25.1 Å². The molecule has 0 bridgehead atoms. The summed E-state index contributed by atoms with van der Waals surface area (Å²) >= 11 is 0. The largest absolute Gasteiger partial charge is 0.480 e. The Kier molecular flexibility index (Phi) is 3.20. The maximum absolute atomic E-state index is 12.2. The van der Waals surface area contributed by atoms with Crippen LogP contribution in [0, 0.1) is 0 Å². The lowest BCUT2D eigenvalue weighted by atomic mass is 10.1. The van der Waals surface area contributed by atoms with E-state index in [9.17, 15) is 19.8 Å². The first-order valence-electron chi connectivity index (χ1n) is 5.99. The molecule has 2 amide bonds. The number of carbonyl (C=O) groups excluding carboxylic acids is 1. The number of β-amino-alcohol motifs (C(OH)–C–C–N with tert-alkyl or cyclic N) is 2. The van der Waals surface area contributed by atoms with Gasteiger partial charge in [-0.2, -0.15) is 0 Å². The van der Waals surface area contributed by atoms with Gasteiger partial charge in [-0.05, 0) is 13.3 Å². The monoisotopic (exact) mass is 258 g/mol. The topological polar surface area (TPSA) is 101 Å². The van der Waals surface area contributed by atoms with Crippen molar-refractivity contribution >= 4 is 12.0 Å². The summed E-state index contributed by atoms with van der Waals surface area (Å²) in [6.45, 7) is 2.29. The average molecular weight is 258 g/mol. The van der Waals surface area contributed by atoms with Crippen molar-refractivity contribution in [3.63, 3.8) is 0 Å². The second-order valence-corrected chi connectivity index (χ2v) is 5.35. The molecule has 0 saturated carbocycles.